The minimum Gasteiger partial charge on any atom is -0.389 e. The zero-order valence-electron chi connectivity index (χ0n) is 12.1. The van der Waals surface area contributed by atoms with E-state index in [1.165, 1.54) is 0 Å². The van der Waals surface area contributed by atoms with Gasteiger partial charge < -0.3 is 11.1 Å². The van der Waals surface area contributed by atoms with E-state index < -0.39 is 0 Å². The highest BCUT2D eigenvalue weighted by atomic mass is 35.5. The SMILES string of the molecule is Cc1nnc(NC(C)c2ccc(Cl)cc2)c(C(N)=S)c1C. The van der Waals surface area contributed by atoms with Gasteiger partial charge in [-0.1, -0.05) is 36.0 Å². The average Bonchev–Trinajstić information content (AvgIpc) is 2.43. The van der Waals surface area contributed by atoms with Crippen LogP contribution in [0.3, 0.4) is 0 Å². The van der Waals surface area contributed by atoms with Crippen molar-refractivity contribution in [3.8, 4) is 0 Å². The summed E-state index contributed by atoms with van der Waals surface area (Å²) in [7, 11) is 0. The molecule has 1 unspecified atom stereocenters. The summed E-state index contributed by atoms with van der Waals surface area (Å²) >= 11 is 11.0. The number of anilines is 1. The number of aromatic nitrogens is 2. The topological polar surface area (TPSA) is 63.8 Å². The number of aryl methyl sites for hydroxylation is 1. The zero-order chi connectivity index (χ0) is 15.6. The van der Waals surface area contributed by atoms with Gasteiger partial charge in [-0.2, -0.15) is 5.10 Å². The number of nitrogens with two attached hydrogens (primary N) is 1. The molecule has 6 heteroatoms. The van der Waals surface area contributed by atoms with Crippen molar-refractivity contribution >= 4 is 34.6 Å². The van der Waals surface area contributed by atoms with Gasteiger partial charge in [0.1, 0.15) is 4.99 Å². The Hall–Kier alpha value is -1.72. The first kappa shape index (κ1) is 15.7. The molecule has 0 aliphatic rings. The smallest absolute Gasteiger partial charge is 0.159 e. The predicted molar refractivity (Wildman–Crippen MR) is 90.9 cm³/mol. The summed E-state index contributed by atoms with van der Waals surface area (Å²) in [6.45, 7) is 5.86. The molecule has 0 saturated carbocycles. The van der Waals surface area contributed by atoms with Crippen molar-refractivity contribution in [2.45, 2.75) is 26.8 Å². The van der Waals surface area contributed by atoms with Crippen LogP contribution in [0.1, 0.15) is 35.3 Å². The minimum absolute atomic E-state index is 0.0340. The van der Waals surface area contributed by atoms with E-state index >= 15 is 0 Å². The van der Waals surface area contributed by atoms with E-state index in [2.05, 4.69) is 15.5 Å². The molecule has 0 aliphatic carbocycles. The van der Waals surface area contributed by atoms with E-state index in [0.717, 1.165) is 22.4 Å². The zero-order valence-corrected chi connectivity index (χ0v) is 13.7. The molecule has 0 spiro atoms. The van der Waals surface area contributed by atoms with Crippen molar-refractivity contribution in [2.24, 2.45) is 5.73 Å². The summed E-state index contributed by atoms with van der Waals surface area (Å²) < 4.78 is 0. The Morgan fingerprint density at radius 3 is 2.43 bits per heavy atom. The molecule has 0 bridgehead atoms. The lowest BCUT2D eigenvalue weighted by molar-refractivity contribution is 0.850. The highest BCUT2D eigenvalue weighted by molar-refractivity contribution is 7.80. The Morgan fingerprint density at radius 2 is 1.86 bits per heavy atom. The Balaban J connectivity index is 2.33. The molecular weight excluding hydrogens is 304 g/mol. The van der Waals surface area contributed by atoms with Gasteiger partial charge in [0.05, 0.1) is 17.3 Å². The molecule has 1 atom stereocenters. The highest BCUT2D eigenvalue weighted by Crippen LogP contribution is 2.24. The summed E-state index contributed by atoms with van der Waals surface area (Å²) in [4.78, 5) is 0.316. The maximum absolute atomic E-state index is 5.91. The fraction of sp³-hybridized carbons (Fsp3) is 0.267. The summed E-state index contributed by atoms with van der Waals surface area (Å²) in [6, 6.07) is 7.68. The van der Waals surface area contributed by atoms with Crippen LogP contribution in [-0.4, -0.2) is 15.2 Å². The second kappa shape index (κ2) is 6.37. The summed E-state index contributed by atoms with van der Waals surface area (Å²) in [5.74, 6) is 0.605. The van der Waals surface area contributed by atoms with Crippen molar-refractivity contribution in [1.29, 1.82) is 0 Å². The second-order valence-corrected chi connectivity index (χ2v) is 5.79. The lowest BCUT2D eigenvalue weighted by atomic mass is 10.1. The van der Waals surface area contributed by atoms with Gasteiger partial charge in [-0.25, -0.2) is 0 Å². The van der Waals surface area contributed by atoms with E-state index in [1.54, 1.807) is 0 Å². The Morgan fingerprint density at radius 1 is 1.24 bits per heavy atom. The minimum atomic E-state index is 0.0340. The van der Waals surface area contributed by atoms with Crippen molar-refractivity contribution in [3.63, 3.8) is 0 Å². The van der Waals surface area contributed by atoms with Crippen molar-refractivity contribution in [1.82, 2.24) is 10.2 Å². The largest absolute Gasteiger partial charge is 0.389 e. The number of halogens is 1. The van der Waals surface area contributed by atoms with Crippen LogP contribution in [0.2, 0.25) is 5.02 Å². The Labute approximate surface area is 134 Å². The van der Waals surface area contributed by atoms with Crippen LogP contribution < -0.4 is 11.1 Å². The number of hydrogen-bond acceptors (Lipinski definition) is 4. The summed E-state index contributed by atoms with van der Waals surface area (Å²) in [5.41, 5.74) is 9.43. The maximum Gasteiger partial charge on any atom is 0.159 e. The van der Waals surface area contributed by atoms with E-state index in [-0.39, 0.29) is 6.04 Å². The first-order valence-electron chi connectivity index (χ1n) is 6.56. The van der Waals surface area contributed by atoms with Crippen LogP contribution in [-0.2, 0) is 0 Å². The first-order chi connectivity index (χ1) is 9.90. The van der Waals surface area contributed by atoms with Gasteiger partial charge in [0.25, 0.3) is 0 Å². The van der Waals surface area contributed by atoms with E-state index in [9.17, 15) is 0 Å². The van der Waals surface area contributed by atoms with Crippen LogP contribution in [0.15, 0.2) is 24.3 Å². The molecule has 0 saturated heterocycles. The van der Waals surface area contributed by atoms with Crippen molar-refractivity contribution in [2.75, 3.05) is 5.32 Å². The highest BCUT2D eigenvalue weighted by Gasteiger charge is 2.16. The molecule has 4 nitrogen and oxygen atoms in total. The molecule has 3 N–H and O–H groups in total. The number of nitrogens with one attached hydrogen (secondary N) is 1. The molecule has 1 aromatic heterocycles. The Bertz CT molecular complexity index is 670. The predicted octanol–water partition coefficient (Wildman–Crippen LogP) is 3.55. The third-order valence-electron chi connectivity index (χ3n) is 3.42. The number of benzene rings is 1. The lowest BCUT2D eigenvalue weighted by Gasteiger charge is -2.18. The van der Waals surface area contributed by atoms with Gasteiger partial charge in [0.15, 0.2) is 5.82 Å². The first-order valence-corrected chi connectivity index (χ1v) is 7.34. The molecule has 1 heterocycles. The molecule has 1 aromatic carbocycles. The van der Waals surface area contributed by atoms with Gasteiger partial charge in [-0.05, 0) is 44.0 Å². The van der Waals surface area contributed by atoms with Gasteiger partial charge in [-0.3, -0.25) is 0 Å². The molecule has 2 rings (SSSR count). The van der Waals surface area contributed by atoms with E-state index in [0.29, 0.717) is 15.8 Å². The molecule has 21 heavy (non-hydrogen) atoms. The van der Waals surface area contributed by atoms with Crippen LogP contribution >= 0.6 is 23.8 Å². The number of rotatable bonds is 4. The standard InChI is InChI=1S/C15H17ClN4S/c1-8-9(2)19-20-15(13(8)14(17)21)18-10(3)11-4-6-12(16)7-5-11/h4-7,10H,1-3H3,(H2,17,21)(H,18,20). The fourth-order valence-electron chi connectivity index (χ4n) is 2.05. The van der Waals surface area contributed by atoms with Gasteiger partial charge in [0, 0.05) is 5.02 Å². The van der Waals surface area contributed by atoms with Crippen LogP contribution in [0.25, 0.3) is 0 Å². The molecule has 110 valence electrons. The van der Waals surface area contributed by atoms with E-state index in [4.69, 9.17) is 29.6 Å². The third-order valence-corrected chi connectivity index (χ3v) is 3.88. The molecule has 2 aromatic rings. The van der Waals surface area contributed by atoms with Gasteiger partial charge >= 0.3 is 0 Å². The monoisotopic (exact) mass is 320 g/mol. The van der Waals surface area contributed by atoms with Crippen LogP contribution in [0, 0.1) is 13.8 Å². The van der Waals surface area contributed by atoms with Crippen LogP contribution in [0.5, 0.6) is 0 Å². The molecule has 0 fully saturated rings. The summed E-state index contributed by atoms with van der Waals surface area (Å²) in [5, 5.41) is 12.3. The number of nitrogens with zero attached hydrogens (tertiary/aromatic N) is 2. The molecule has 0 amide bonds. The lowest BCUT2D eigenvalue weighted by Crippen LogP contribution is -2.19. The van der Waals surface area contributed by atoms with Crippen molar-refractivity contribution in [3.05, 3.63) is 51.7 Å². The average molecular weight is 321 g/mol. The fourth-order valence-corrected chi connectivity index (χ4v) is 2.43. The van der Waals surface area contributed by atoms with Gasteiger partial charge in [0.2, 0.25) is 0 Å². The quantitative estimate of drug-likeness (QED) is 0.843. The Kier molecular flexibility index (Phi) is 4.75. The maximum atomic E-state index is 5.91. The second-order valence-electron chi connectivity index (χ2n) is 4.92. The number of thiocarbonyl (C=S) groups is 1. The summed E-state index contributed by atoms with van der Waals surface area (Å²) in [6.07, 6.45) is 0. The molecule has 0 aliphatic heterocycles. The molecular formula is C15H17ClN4S. The number of hydrogen-bond donors (Lipinski definition) is 2. The molecule has 0 radical (unpaired) electrons. The van der Waals surface area contributed by atoms with Crippen molar-refractivity contribution < 1.29 is 0 Å². The normalized spacial score (nSPS) is 12.0. The van der Waals surface area contributed by atoms with E-state index in [1.807, 2.05) is 45.0 Å². The van der Waals surface area contributed by atoms with Crippen LogP contribution in [0.4, 0.5) is 5.82 Å². The van der Waals surface area contributed by atoms with Gasteiger partial charge in [-0.15, -0.1) is 5.10 Å². The third kappa shape index (κ3) is 3.49.